The van der Waals surface area contributed by atoms with Crippen molar-refractivity contribution in [3.8, 4) is 0 Å². The number of carbonyl (C=O) groups excluding carboxylic acids is 1. The molecular weight excluding hydrogens is 149 g/mol. The number of hydrogen-bond acceptors (Lipinski definition) is 2. The topological polar surface area (TPSA) is 29.4 Å². The highest BCUT2D eigenvalue weighted by molar-refractivity contribution is 6.44. The van der Waals surface area contributed by atoms with E-state index < -0.39 is 4.84 Å². The maximum atomic E-state index is 9.41. The van der Waals surface area contributed by atoms with E-state index in [1.807, 2.05) is 0 Å². The third-order valence-electron chi connectivity index (χ3n) is 0.524. The summed E-state index contributed by atoms with van der Waals surface area (Å²) in [7, 11) is 0. The van der Waals surface area contributed by atoms with Crippen LogP contribution in [0.25, 0.3) is 0 Å². The molecule has 0 unspecified atom stereocenters. The van der Waals surface area contributed by atoms with Gasteiger partial charge in [-0.25, -0.2) is 9.79 Å². The summed E-state index contributed by atoms with van der Waals surface area (Å²) in [5, 5.41) is 0. The van der Waals surface area contributed by atoms with E-state index in [1.165, 1.54) is 6.08 Å². The Morgan fingerprint density at radius 2 is 2.25 bits per heavy atom. The van der Waals surface area contributed by atoms with Crippen LogP contribution < -0.4 is 0 Å². The molecule has 0 N–H and O–H groups in total. The van der Waals surface area contributed by atoms with E-state index in [-0.39, 0.29) is 0 Å². The quantitative estimate of drug-likeness (QED) is 0.344. The molecule has 0 bridgehead atoms. The second-order valence-corrected chi connectivity index (χ2v) is 2.43. The van der Waals surface area contributed by atoms with Gasteiger partial charge in [-0.05, 0) is 6.42 Å². The predicted molar refractivity (Wildman–Crippen MR) is 33.1 cm³/mol. The molecule has 8 heavy (non-hydrogen) atoms. The predicted octanol–water partition coefficient (Wildman–Crippen LogP) is 1.52. The zero-order chi connectivity index (χ0) is 6.41. The van der Waals surface area contributed by atoms with Crippen LogP contribution in [-0.2, 0) is 4.79 Å². The van der Waals surface area contributed by atoms with Crippen molar-refractivity contribution in [2.45, 2.75) is 11.3 Å². The summed E-state index contributed by atoms with van der Waals surface area (Å²) in [6.07, 6.45) is 1.89. The van der Waals surface area contributed by atoms with Crippen LogP contribution in [0.4, 0.5) is 0 Å². The second-order valence-electron chi connectivity index (χ2n) is 1.15. The van der Waals surface area contributed by atoms with Gasteiger partial charge < -0.3 is 0 Å². The molecule has 0 radical (unpaired) electrons. The number of nitrogens with zero attached hydrogens (tertiary/aromatic N) is 1. The first-order chi connectivity index (χ1) is 3.77. The molecule has 0 aromatic heterocycles. The number of isocyanates is 1. The van der Waals surface area contributed by atoms with Gasteiger partial charge in [0.25, 0.3) is 0 Å². The maximum absolute atomic E-state index is 9.41. The van der Waals surface area contributed by atoms with Crippen LogP contribution in [0.3, 0.4) is 0 Å². The molecule has 0 aliphatic carbocycles. The first kappa shape index (κ1) is 7.96. The van der Waals surface area contributed by atoms with Crippen LogP contribution in [0.2, 0.25) is 0 Å². The molecule has 46 valence electrons. The fraction of sp³-hybridized carbons (Fsp3) is 0.750. The zero-order valence-electron chi connectivity index (χ0n) is 4.10. The Kier molecular flexibility index (Phi) is 5.08. The van der Waals surface area contributed by atoms with Crippen molar-refractivity contribution in [2.75, 3.05) is 6.54 Å². The van der Waals surface area contributed by atoms with Gasteiger partial charge in [0, 0.05) is 0 Å². The summed E-state index contributed by atoms with van der Waals surface area (Å²) in [6.45, 7) is 0.362. The molecular formula is C4H5Cl2NO. The van der Waals surface area contributed by atoms with Crippen molar-refractivity contribution >= 4 is 29.3 Å². The smallest absolute Gasteiger partial charge is 0.211 e. The van der Waals surface area contributed by atoms with E-state index in [4.69, 9.17) is 23.2 Å². The summed E-state index contributed by atoms with van der Waals surface area (Å²) < 4.78 is 0. The van der Waals surface area contributed by atoms with Crippen LogP contribution in [0.5, 0.6) is 0 Å². The minimum atomic E-state index is -0.424. The zero-order valence-corrected chi connectivity index (χ0v) is 5.61. The Hall–Kier alpha value is -0.0400. The third kappa shape index (κ3) is 5.96. The van der Waals surface area contributed by atoms with Gasteiger partial charge in [0.15, 0.2) is 0 Å². The van der Waals surface area contributed by atoms with Gasteiger partial charge in [0.1, 0.15) is 4.84 Å². The first-order valence-electron chi connectivity index (χ1n) is 2.09. The van der Waals surface area contributed by atoms with Crippen LogP contribution in [-0.4, -0.2) is 17.5 Å². The molecule has 0 aromatic carbocycles. The van der Waals surface area contributed by atoms with Crippen molar-refractivity contribution in [1.29, 1.82) is 0 Å². The lowest BCUT2D eigenvalue weighted by Gasteiger charge is -1.90. The Morgan fingerprint density at radius 3 is 2.62 bits per heavy atom. The Bertz CT molecular complexity index is 98.2. The molecule has 2 nitrogen and oxygen atoms in total. The van der Waals surface area contributed by atoms with Crippen molar-refractivity contribution in [1.82, 2.24) is 0 Å². The summed E-state index contributed by atoms with van der Waals surface area (Å²) in [6, 6.07) is 0. The lowest BCUT2D eigenvalue weighted by molar-refractivity contribution is 0.562. The number of halogens is 2. The molecule has 0 spiro atoms. The number of aliphatic imine (C=N–C) groups is 1. The van der Waals surface area contributed by atoms with E-state index >= 15 is 0 Å². The summed E-state index contributed by atoms with van der Waals surface area (Å²) >= 11 is 10.6. The molecule has 0 atom stereocenters. The lowest BCUT2D eigenvalue weighted by atomic mass is 10.5. The van der Waals surface area contributed by atoms with Gasteiger partial charge in [0.05, 0.1) is 6.54 Å². The average Bonchev–Trinajstić information content (AvgIpc) is 1.66. The number of alkyl halides is 2. The van der Waals surface area contributed by atoms with Gasteiger partial charge in [-0.2, -0.15) is 0 Å². The van der Waals surface area contributed by atoms with Crippen LogP contribution >= 0.6 is 23.2 Å². The normalized spacial score (nSPS) is 8.88. The van der Waals surface area contributed by atoms with E-state index in [2.05, 4.69) is 4.99 Å². The molecule has 0 saturated carbocycles. The van der Waals surface area contributed by atoms with Crippen molar-refractivity contribution in [3.05, 3.63) is 0 Å². The van der Waals surface area contributed by atoms with Gasteiger partial charge in [0.2, 0.25) is 6.08 Å². The molecule has 0 heterocycles. The Labute approximate surface area is 57.5 Å². The molecule has 0 aliphatic rings. The van der Waals surface area contributed by atoms with Crippen LogP contribution in [0.1, 0.15) is 6.42 Å². The van der Waals surface area contributed by atoms with Crippen molar-refractivity contribution in [2.24, 2.45) is 4.99 Å². The molecule has 0 amide bonds. The highest BCUT2D eigenvalue weighted by Crippen LogP contribution is 2.05. The minimum absolute atomic E-state index is 0.362. The minimum Gasteiger partial charge on any atom is -0.211 e. The van der Waals surface area contributed by atoms with E-state index in [0.29, 0.717) is 13.0 Å². The second kappa shape index (κ2) is 5.10. The van der Waals surface area contributed by atoms with Gasteiger partial charge in [-0.15, -0.1) is 23.2 Å². The van der Waals surface area contributed by atoms with E-state index in [9.17, 15) is 4.79 Å². The third-order valence-corrected chi connectivity index (χ3v) is 0.960. The van der Waals surface area contributed by atoms with E-state index in [1.54, 1.807) is 0 Å². The Morgan fingerprint density at radius 1 is 1.62 bits per heavy atom. The number of hydrogen-bond donors (Lipinski definition) is 0. The molecule has 0 rings (SSSR count). The fourth-order valence-electron chi connectivity index (χ4n) is 0.208. The molecule has 0 saturated heterocycles. The standard InChI is InChI=1S/C4H5Cl2NO/c5-4(6)1-2-7-3-8/h4H,1-2H2. The first-order valence-corrected chi connectivity index (χ1v) is 2.96. The monoisotopic (exact) mass is 153 g/mol. The maximum Gasteiger partial charge on any atom is 0.234 e. The van der Waals surface area contributed by atoms with Crippen molar-refractivity contribution < 1.29 is 4.79 Å². The van der Waals surface area contributed by atoms with Gasteiger partial charge in [-0.3, -0.25) is 0 Å². The van der Waals surface area contributed by atoms with Crippen molar-refractivity contribution in [3.63, 3.8) is 0 Å². The summed E-state index contributed by atoms with van der Waals surface area (Å²) in [5.74, 6) is 0. The van der Waals surface area contributed by atoms with E-state index in [0.717, 1.165) is 0 Å². The van der Waals surface area contributed by atoms with Gasteiger partial charge >= 0.3 is 0 Å². The van der Waals surface area contributed by atoms with Crippen LogP contribution in [0.15, 0.2) is 4.99 Å². The SMILES string of the molecule is O=C=NCCC(Cl)Cl. The lowest BCUT2D eigenvalue weighted by Crippen LogP contribution is -1.88. The molecule has 0 fully saturated rings. The molecule has 0 aromatic rings. The fourth-order valence-corrected chi connectivity index (χ4v) is 0.403. The molecule has 0 aliphatic heterocycles. The highest BCUT2D eigenvalue weighted by atomic mass is 35.5. The number of rotatable bonds is 3. The summed E-state index contributed by atoms with van der Waals surface area (Å²) in [4.78, 5) is 12.2. The van der Waals surface area contributed by atoms with Gasteiger partial charge in [-0.1, -0.05) is 0 Å². The molecule has 4 heteroatoms. The highest BCUT2D eigenvalue weighted by Gasteiger charge is 1.94. The van der Waals surface area contributed by atoms with Crippen LogP contribution in [0, 0.1) is 0 Å². The average molecular weight is 154 g/mol. The summed E-state index contributed by atoms with van der Waals surface area (Å²) in [5.41, 5.74) is 0. The Balaban J connectivity index is 3.05. The largest absolute Gasteiger partial charge is 0.234 e.